The van der Waals surface area contributed by atoms with Crippen LogP contribution in [0.25, 0.3) is 0 Å². The Kier molecular flexibility index (Phi) is 4.79. The molecule has 0 atom stereocenters. The Bertz CT molecular complexity index is 613. The molecule has 4 heteroatoms. The fraction of sp³-hybridized carbons (Fsp3) is 0.188. The van der Waals surface area contributed by atoms with Crippen molar-refractivity contribution in [1.82, 2.24) is 4.90 Å². The number of nitrogens with zero attached hydrogens (tertiary/aromatic N) is 1. The highest BCUT2D eigenvalue weighted by Gasteiger charge is 2.10. The zero-order valence-corrected chi connectivity index (χ0v) is 12.9. The van der Waals surface area contributed by atoms with Gasteiger partial charge in [-0.1, -0.05) is 40.2 Å². The lowest BCUT2D eigenvalue weighted by Crippen LogP contribution is -2.27. The number of halogens is 1. The summed E-state index contributed by atoms with van der Waals surface area (Å²) in [5, 5.41) is 0. The highest BCUT2D eigenvalue weighted by atomic mass is 79.9. The van der Waals surface area contributed by atoms with Crippen LogP contribution >= 0.6 is 15.9 Å². The summed E-state index contributed by atoms with van der Waals surface area (Å²) in [5.41, 5.74) is 8.50. The second-order valence-electron chi connectivity index (χ2n) is 4.80. The van der Waals surface area contributed by atoms with Gasteiger partial charge in [-0.3, -0.25) is 4.79 Å². The minimum atomic E-state index is 0.0884. The molecule has 0 saturated carbocycles. The summed E-state index contributed by atoms with van der Waals surface area (Å²) in [6.07, 6.45) is 0.401. The van der Waals surface area contributed by atoms with Crippen LogP contribution in [0, 0.1) is 0 Å². The van der Waals surface area contributed by atoms with Gasteiger partial charge >= 0.3 is 0 Å². The standard InChI is InChI=1S/C16H17BrN2O/c1-19(11-13-5-3-7-15(18)9-13)16(20)10-12-4-2-6-14(17)8-12/h2-9H,10-11,18H2,1H3. The summed E-state index contributed by atoms with van der Waals surface area (Å²) in [7, 11) is 1.81. The quantitative estimate of drug-likeness (QED) is 0.873. The van der Waals surface area contributed by atoms with Gasteiger partial charge in [-0.2, -0.15) is 0 Å². The molecule has 104 valence electrons. The molecule has 0 saturated heterocycles. The van der Waals surface area contributed by atoms with Gasteiger partial charge in [0.2, 0.25) is 5.91 Å². The summed E-state index contributed by atoms with van der Waals surface area (Å²) in [4.78, 5) is 13.9. The highest BCUT2D eigenvalue weighted by Crippen LogP contribution is 2.14. The Labute approximate surface area is 127 Å². The number of hydrogen-bond donors (Lipinski definition) is 1. The highest BCUT2D eigenvalue weighted by molar-refractivity contribution is 9.10. The van der Waals surface area contributed by atoms with Crippen molar-refractivity contribution in [3.05, 3.63) is 64.1 Å². The molecule has 0 spiro atoms. The average molecular weight is 333 g/mol. The Morgan fingerprint density at radius 3 is 2.55 bits per heavy atom. The monoisotopic (exact) mass is 332 g/mol. The lowest BCUT2D eigenvalue weighted by atomic mass is 10.1. The van der Waals surface area contributed by atoms with Gasteiger partial charge in [0.15, 0.2) is 0 Å². The molecule has 0 heterocycles. The second-order valence-corrected chi connectivity index (χ2v) is 5.72. The lowest BCUT2D eigenvalue weighted by molar-refractivity contribution is -0.129. The van der Waals surface area contributed by atoms with Gasteiger partial charge in [-0.05, 0) is 35.4 Å². The van der Waals surface area contributed by atoms with E-state index in [0.29, 0.717) is 13.0 Å². The van der Waals surface area contributed by atoms with Crippen LogP contribution in [-0.2, 0) is 17.8 Å². The largest absolute Gasteiger partial charge is 0.399 e. The van der Waals surface area contributed by atoms with E-state index in [0.717, 1.165) is 21.3 Å². The minimum Gasteiger partial charge on any atom is -0.399 e. The summed E-state index contributed by atoms with van der Waals surface area (Å²) >= 11 is 3.41. The van der Waals surface area contributed by atoms with Gasteiger partial charge in [0.25, 0.3) is 0 Å². The van der Waals surface area contributed by atoms with Crippen molar-refractivity contribution in [3.8, 4) is 0 Å². The molecule has 0 aromatic heterocycles. The molecule has 0 fully saturated rings. The molecule has 2 rings (SSSR count). The summed E-state index contributed by atoms with van der Waals surface area (Å²) in [5.74, 6) is 0.0884. The molecule has 2 aromatic rings. The van der Waals surface area contributed by atoms with Crippen LogP contribution in [-0.4, -0.2) is 17.9 Å². The first kappa shape index (κ1) is 14.6. The molecule has 1 amide bonds. The molecular weight excluding hydrogens is 316 g/mol. The first-order chi connectivity index (χ1) is 9.54. The lowest BCUT2D eigenvalue weighted by Gasteiger charge is -2.17. The molecule has 2 N–H and O–H groups in total. The van der Waals surface area contributed by atoms with E-state index in [-0.39, 0.29) is 5.91 Å². The van der Waals surface area contributed by atoms with Crippen LogP contribution in [0.15, 0.2) is 53.0 Å². The van der Waals surface area contributed by atoms with E-state index in [9.17, 15) is 4.79 Å². The topological polar surface area (TPSA) is 46.3 Å². The van der Waals surface area contributed by atoms with Gasteiger partial charge in [-0.25, -0.2) is 0 Å². The molecule has 0 aliphatic heterocycles. The zero-order chi connectivity index (χ0) is 14.5. The molecule has 0 aliphatic carbocycles. The van der Waals surface area contributed by atoms with Gasteiger partial charge < -0.3 is 10.6 Å². The Balaban J connectivity index is 1.98. The minimum absolute atomic E-state index is 0.0884. The third-order valence-corrected chi connectivity index (χ3v) is 3.53. The van der Waals surface area contributed by atoms with Crippen molar-refractivity contribution in [2.24, 2.45) is 0 Å². The van der Waals surface area contributed by atoms with Crippen molar-refractivity contribution in [2.45, 2.75) is 13.0 Å². The van der Waals surface area contributed by atoms with E-state index in [4.69, 9.17) is 5.73 Å². The summed E-state index contributed by atoms with van der Waals surface area (Å²) < 4.78 is 0.987. The van der Waals surface area contributed by atoms with E-state index in [1.807, 2.05) is 55.6 Å². The molecule has 0 unspecified atom stereocenters. The number of nitrogen functional groups attached to an aromatic ring is 1. The van der Waals surface area contributed by atoms with Crippen LogP contribution in [0.1, 0.15) is 11.1 Å². The average Bonchev–Trinajstić information content (AvgIpc) is 2.38. The van der Waals surface area contributed by atoms with Crippen molar-refractivity contribution >= 4 is 27.5 Å². The maximum Gasteiger partial charge on any atom is 0.227 e. The predicted molar refractivity (Wildman–Crippen MR) is 85.2 cm³/mol. The number of likely N-dealkylation sites (N-methyl/N-ethyl adjacent to an activating group) is 1. The van der Waals surface area contributed by atoms with Crippen molar-refractivity contribution < 1.29 is 4.79 Å². The molecule has 20 heavy (non-hydrogen) atoms. The van der Waals surface area contributed by atoms with E-state index in [2.05, 4.69) is 15.9 Å². The fourth-order valence-corrected chi connectivity index (χ4v) is 2.46. The number of carbonyl (C=O) groups is 1. The van der Waals surface area contributed by atoms with Gasteiger partial charge in [-0.15, -0.1) is 0 Å². The molecule has 3 nitrogen and oxygen atoms in total. The summed E-state index contributed by atoms with van der Waals surface area (Å²) in [6.45, 7) is 0.567. The fourth-order valence-electron chi connectivity index (χ4n) is 2.01. The van der Waals surface area contributed by atoms with E-state index < -0.39 is 0 Å². The number of carbonyl (C=O) groups excluding carboxylic acids is 1. The van der Waals surface area contributed by atoms with E-state index >= 15 is 0 Å². The van der Waals surface area contributed by atoms with Crippen LogP contribution in [0.4, 0.5) is 5.69 Å². The second kappa shape index (κ2) is 6.57. The van der Waals surface area contributed by atoms with Crippen molar-refractivity contribution in [3.63, 3.8) is 0 Å². The first-order valence-electron chi connectivity index (χ1n) is 6.37. The van der Waals surface area contributed by atoms with Gasteiger partial charge in [0, 0.05) is 23.8 Å². The van der Waals surface area contributed by atoms with E-state index in [1.165, 1.54) is 0 Å². The number of rotatable bonds is 4. The van der Waals surface area contributed by atoms with Crippen LogP contribution < -0.4 is 5.73 Å². The molecule has 2 aromatic carbocycles. The Hall–Kier alpha value is -1.81. The molecule has 0 radical (unpaired) electrons. The molecular formula is C16H17BrN2O. The zero-order valence-electron chi connectivity index (χ0n) is 11.3. The molecule has 0 bridgehead atoms. The van der Waals surface area contributed by atoms with Crippen LogP contribution in [0.3, 0.4) is 0 Å². The third kappa shape index (κ3) is 4.10. The number of amides is 1. The number of hydrogen-bond acceptors (Lipinski definition) is 2. The predicted octanol–water partition coefficient (Wildman–Crippen LogP) is 3.23. The normalized spacial score (nSPS) is 10.3. The Morgan fingerprint density at radius 1 is 1.15 bits per heavy atom. The van der Waals surface area contributed by atoms with Gasteiger partial charge in [0.05, 0.1) is 6.42 Å². The number of benzene rings is 2. The van der Waals surface area contributed by atoms with Crippen LogP contribution in [0.2, 0.25) is 0 Å². The SMILES string of the molecule is CN(Cc1cccc(N)c1)C(=O)Cc1cccc(Br)c1. The number of anilines is 1. The smallest absolute Gasteiger partial charge is 0.227 e. The first-order valence-corrected chi connectivity index (χ1v) is 7.17. The van der Waals surface area contributed by atoms with Crippen LogP contribution in [0.5, 0.6) is 0 Å². The summed E-state index contributed by atoms with van der Waals surface area (Å²) in [6, 6.07) is 15.4. The van der Waals surface area contributed by atoms with Crippen molar-refractivity contribution in [2.75, 3.05) is 12.8 Å². The third-order valence-electron chi connectivity index (χ3n) is 3.04. The van der Waals surface area contributed by atoms with Crippen molar-refractivity contribution in [1.29, 1.82) is 0 Å². The maximum atomic E-state index is 12.2. The maximum absolute atomic E-state index is 12.2. The number of nitrogens with two attached hydrogens (primary N) is 1. The van der Waals surface area contributed by atoms with E-state index in [1.54, 1.807) is 4.90 Å². The van der Waals surface area contributed by atoms with Gasteiger partial charge in [0.1, 0.15) is 0 Å². The Morgan fingerprint density at radius 2 is 1.85 bits per heavy atom. The molecule has 0 aliphatic rings.